The van der Waals surface area contributed by atoms with Crippen molar-refractivity contribution in [2.45, 2.75) is 25.0 Å². The maximum atomic E-state index is 12.4. The molecule has 8 nitrogen and oxygen atoms in total. The van der Waals surface area contributed by atoms with Gasteiger partial charge in [-0.25, -0.2) is 0 Å². The lowest BCUT2D eigenvalue weighted by atomic mass is 10.1. The first-order valence-corrected chi connectivity index (χ1v) is 12.4. The molecule has 0 aliphatic carbocycles. The molecule has 0 radical (unpaired) electrons. The zero-order valence-corrected chi connectivity index (χ0v) is 20.9. The lowest BCUT2D eigenvalue weighted by molar-refractivity contribution is -0.115. The summed E-state index contributed by atoms with van der Waals surface area (Å²) in [6.07, 6.45) is 0.306. The van der Waals surface area contributed by atoms with Crippen molar-refractivity contribution >= 4 is 34.8 Å². The number of Topliss-reactive ketones (excluding diaryl/α,β-unsaturated/α-hetero) is 1. The number of carbonyl (C=O) groups is 2. The number of anilines is 2. The van der Waals surface area contributed by atoms with Crippen LogP contribution in [-0.2, 0) is 11.3 Å². The quantitative estimate of drug-likeness (QED) is 0.215. The van der Waals surface area contributed by atoms with Gasteiger partial charge in [0.25, 0.3) is 0 Å². The number of methoxy groups -OCH3 is 1. The van der Waals surface area contributed by atoms with Gasteiger partial charge in [-0.3, -0.25) is 14.2 Å². The maximum absolute atomic E-state index is 12.4. The summed E-state index contributed by atoms with van der Waals surface area (Å²) in [4.78, 5) is 23.8. The fraction of sp³-hybridized carbons (Fsp3) is 0.185. The van der Waals surface area contributed by atoms with E-state index in [-0.39, 0.29) is 11.7 Å². The molecule has 2 N–H and O–H groups in total. The van der Waals surface area contributed by atoms with Crippen molar-refractivity contribution in [3.8, 4) is 11.4 Å². The molecule has 1 amide bonds. The molecule has 1 heterocycles. The Morgan fingerprint density at radius 1 is 0.917 bits per heavy atom. The Morgan fingerprint density at radius 2 is 1.61 bits per heavy atom. The van der Waals surface area contributed by atoms with Gasteiger partial charge < -0.3 is 15.4 Å². The third-order valence-corrected chi connectivity index (χ3v) is 6.32. The number of nitrogens with zero attached hydrogens (tertiary/aromatic N) is 3. The Kier molecular flexibility index (Phi) is 8.36. The van der Waals surface area contributed by atoms with Crippen LogP contribution in [0, 0.1) is 0 Å². The highest BCUT2D eigenvalue weighted by molar-refractivity contribution is 7.99. The predicted octanol–water partition coefficient (Wildman–Crippen LogP) is 5.21. The smallest absolute Gasteiger partial charge is 0.225 e. The number of hydrogen-bond donors (Lipinski definition) is 2. The van der Waals surface area contributed by atoms with Crippen LogP contribution in [0.3, 0.4) is 0 Å². The molecule has 3 aromatic carbocycles. The molecule has 184 valence electrons. The number of nitrogens with one attached hydrogen (secondary N) is 2. The number of ketones is 1. The minimum Gasteiger partial charge on any atom is -0.497 e. The van der Waals surface area contributed by atoms with Crippen LogP contribution in [0.25, 0.3) is 5.69 Å². The summed E-state index contributed by atoms with van der Waals surface area (Å²) in [5.41, 5.74) is 3.17. The van der Waals surface area contributed by atoms with Crippen LogP contribution in [0.4, 0.5) is 11.4 Å². The second-order valence-electron chi connectivity index (χ2n) is 7.93. The number of aromatic nitrogens is 3. The molecular formula is C27H27N5O3S. The zero-order chi connectivity index (χ0) is 25.3. The van der Waals surface area contributed by atoms with Gasteiger partial charge in [0.15, 0.2) is 16.8 Å². The van der Waals surface area contributed by atoms with E-state index in [4.69, 9.17) is 4.74 Å². The van der Waals surface area contributed by atoms with Gasteiger partial charge in [-0.2, -0.15) is 0 Å². The summed E-state index contributed by atoms with van der Waals surface area (Å²) < 4.78 is 7.21. The standard InChI is InChI=1S/C27H27N5O3S/c1-19(33)20-8-10-22(11-9-20)29-26(34)16-17-36-27-31-30-25(32(27)23-6-4-3-5-7-23)18-28-21-12-14-24(35-2)15-13-21/h3-15,28H,16-18H2,1-2H3,(H,29,34). The third-order valence-electron chi connectivity index (χ3n) is 5.39. The topological polar surface area (TPSA) is 98.1 Å². The van der Waals surface area contributed by atoms with Gasteiger partial charge in [0, 0.05) is 34.8 Å². The molecule has 36 heavy (non-hydrogen) atoms. The van der Waals surface area contributed by atoms with Gasteiger partial charge in [0.2, 0.25) is 5.91 Å². The second-order valence-corrected chi connectivity index (χ2v) is 8.99. The average molecular weight is 502 g/mol. The van der Waals surface area contributed by atoms with E-state index in [1.54, 1.807) is 31.4 Å². The van der Waals surface area contributed by atoms with Crippen LogP contribution in [0.1, 0.15) is 29.5 Å². The van der Waals surface area contributed by atoms with Gasteiger partial charge in [0.05, 0.1) is 13.7 Å². The van der Waals surface area contributed by atoms with E-state index >= 15 is 0 Å². The molecule has 0 spiro atoms. The molecule has 0 unspecified atom stereocenters. The number of para-hydroxylation sites is 1. The fourth-order valence-corrected chi connectivity index (χ4v) is 4.39. The van der Waals surface area contributed by atoms with Crippen LogP contribution in [-0.4, -0.2) is 39.3 Å². The molecule has 9 heteroatoms. The van der Waals surface area contributed by atoms with Crippen LogP contribution in [0.15, 0.2) is 84.0 Å². The van der Waals surface area contributed by atoms with Crippen molar-refractivity contribution in [3.63, 3.8) is 0 Å². The Hall–Kier alpha value is -4.11. The first-order chi connectivity index (χ1) is 17.5. The molecule has 0 aliphatic rings. The Labute approximate surface area is 214 Å². The van der Waals surface area contributed by atoms with Crippen LogP contribution < -0.4 is 15.4 Å². The number of amides is 1. The third kappa shape index (κ3) is 6.51. The molecule has 0 atom stereocenters. The van der Waals surface area contributed by atoms with E-state index in [1.807, 2.05) is 59.2 Å². The largest absolute Gasteiger partial charge is 0.497 e. The molecule has 1 aromatic heterocycles. The molecule has 0 aliphatic heterocycles. The summed E-state index contributed by atoms with van der Waals surface area (Å²) in [5, 5.41) is 15.8. The van der Waals surface area contributed by atoms with E-state index in [1.165, 1.54) is 18.7 Å². The summed E-state index contributed by atoms with van der Waals surface area (Å²) in [6.45, 7) is 1.99. The Bertz CT molecular complexity index is 1310. The molecular weight excluding hydrogens is 474 g/mol. The van der Waals surface area contributed by atoms with Gasteiger partial charge in [-0.15, -0.1) is 10.2 Å². The lowest BCUT2D eigenvalue weighted by Gasteiger charge is -2.12. The highest BCUT2D eigenvalue weighted by Gasteiger charge is 2.15. The van der Waals surface area contributed by atoms with Crippen LogP contribution >= 0.6 is 11.8 Å². The number of benzene rings is 3. The van der Waals surface area contributed by atoms with Crippen molar-refractivity contribution in [1.82, 2.24) is 14.8 Å². The first kappa shape index (κ1) is 25.0. The van der Waals surface area contributed by atoms with E-state index < -0.39 is 0 Å². The number of thioether (sulfide) groups is 1. The van der Waals surface area contributed by atoms with Crippen molar-refractivity contribution in [1.29, 1.82) is 0 Å². The van der Waals surface area contributed by atoms with E-state index in [0.29, 0.717) is 35.1 Å². The highest BCUT2D eigenvalue weighted by atomic mass is 32.2. The van der Waals surface area contributed by atoms with Gasteiger partial charge in [0.1, 0.15) is 5.75 Å². The van der Waals surface area contributed by atoms with Gasteiger partial charge in [-0.05, 0) is 67.6 Å². The van der Waals surface area contributed by atoms with Crippen LogP contribution in [0.2, 0.25) is 0 Å². The summed E-state index contributed by atoms with van der Waals surface area (Å²) in [7, 11) is 1.64. The molecule has 4 aromatic rings. The monoisotopic (exact) mass is 501 g/mol. The first-order valence-electron chi connectivity index (χ1n) is 11.4. The van der Waals surface area contributed by atoms with Crippen LogP contribution in [0.5, 0.6) is 5.75 Å². The molecule has 4 rings (SSSR count). The SMILES string of the molecule is COc1ccc(NCc2nnc(SCCC(=O)Nc3ccc(C(C)=O)cc3)n2-c2ccccc2)cc1. The number of ether oxygens (including phenoxy) is 1. The van der Waals surface area contributed by atoms with Crippen molar-refractivity contribution in [2.24, 2.45) is 0 Å². The summed E-state index contributed by atoms with van der Waals surface area (Å²) in [5.74, 6) is 1.97. The number of rotatable bonds is 11. The lowest BCUT2D eigenvalue weighted by Crippen LogP contribution is -2.12. The highest BCUT2D eigenvalue weighted by Crippen LogP contribution is 2.24. The predicted molar refractivity (Wildman–Crippen MR) is 142 cm³/mol. The average Bonchev–Trinajstić information content (AvgIpc) is 3.31. The molecule has 0 bridgehead atoms. The molecule has 0 fully saturated rings. The normalized spacial score (nSPS) is 10.6. The van der Waals surface area contributed by atoms with Gasteiger partial charge >= 0.3 is 0 Å². The van der Waals surface area contributed by atoms with Crippen molar-refractivity contribution < 1.29 is 14.3 Å². The van der Waals surface area contributed by atoms with E-state index in [2.05, 4.69) is 20.8 Å². The fourth-order valence-electron chi connectivity index (χ4n) is 3.48. The maximum Gasteiger partial charge on any atom is 0.225 e. The second kappa shape index (κ2) is 12.0. The number of carbonyl (C=O) groups excluding carboxylic acids is 2. The Morgan fingerprint density at radius 3 is 2.28 bits per heavy atom. The summed E-state index contributed by atoms with van der Waals surface area (Å²) in [6, 6.07) is 24.5. The van der Waals surface area contributed by atoms with E-state index in [9.17, 15) is 9.59 Å². The molecule has 0 saturated carbocycles. The minimum absolute atomic E-state index is 0.00891. The van der Waals surface area contributed by atoms with Crippen molar-refractivity contribution in [3.05, 3.63) is 90.3 Å². The minimum atomic E-state index is -0.106. The van der Waals surface area contributed by atoms with Crippen molar-refractivity contribution in [2.75, 3.05) is 23.5 Å². The number of hydrogen-bond acceptors (Lipinski definition) is 7. The summed E-state index contributed by atoms with van der Waals surface area (Å²) >= 11 is 1.47. The zero-order valence-electron chi connectivity index (χ0n) is 20.1. The molecule has 0 saturated heterocycles. The van der Waals surface area contributed by atoms with Gasteiger partial charge in [-0.1, -0.05) is 30.0 Å². The van der Waals surface area contributed by atoms with E-state index in [0.717, 1.165) is 22.9 Å². The Balaban J connectivity index is 1.39.